The average Bonchev–Trinajstić information content (AvgIpc) is 2.76. The first kappa shape index (κ1) is 14.1. The van der Waals surface area contributed by atoms with E-state index in [4.69, 9.17) is 4.74 Å². The van der Waals surface area contributed by atoms with Crippen molar-refractivity contribution in [3.8, 4) is 0 Å². The highest BCUT2D eigenvalue weighted by atomic mass is 16.5. The topological polar surface area (TPSA) is 60.2 Å². The second kappa shape index (κ2) is 6.12. The molecule has 0 aliphatic carbocycles. The first-order valence-corrected chi connectivity index (χ1v) is 6.17. The summed E-state index contributed by atoms with van der Waals surface area (Å²) in [6.45, 7) is 6.84. The van der Waals surface area contributed by atoms with Crippen LogP contribution in [0.5, 0.6) is 0 Å². The number of hydrogen-bond donors (Lipinski definition) is 1. The Morgan fingerprint density at radius 2 is 2.24 bits per heavy atom. The summed E-state index contributed by atoms with van der Waals surface area (Å²) in [6, 6.07) is 0. The van der Waals surface area contributed by atoms with Gasteiger partial charge in [0.05, 0.1) is 11.7 Å². The summed E-state index contributed by atoms with van der Waals surface area (Å²) < 4.78 is 7.23. The third kappa shape index (κ3) is 3.26. The Morgan fingerprint density at radius 1 is 1.53 bits per heavy atom. The van der Waals surface area contributed by atoms with Gasteiger partial charge in [0, 0.05) is 20.1 Å². The van der Waals surface area contributed by atoms with Crippen molar-refractivity contribution < 1.29 is 9.84 Å². The largest absolute Gasteiger partial charge is 0.390 e. The summed E-state index contributed by atoms with van der Waals surface area (Å²) in [6.07, 6.45) is 3.19. The van der Waals surface area contributed by atoms with Crippen LogP contribution < -0.4 is 0 Å². The Labute approximate surface area is 103 Å². The zero-order chi connectivity index (χ0) is 12.9. The summed E-state index contributed by atoms with van der Waals surface area (Å²) >= 11 is 0. The van der Waals surface area contributed by atoms with Crippen LogP contribution in [0, 0.1) is 0 Å². The molecule has 17 heavy (non-hydrogen) atoms. The van der Waals surface area contributed by atoms with E-state index >= 15 is 0 Å². The van der Waals surface area contributed by atoms with E-state index in [9.17, 15) is 5.11 Å². The van der Waals surface area contributed by atoms with Gasteiger partial charge in [-0.2, -0.15) is 5.10 Å². The van der Waals surface area contributed by atoms with Crippen molar-refractivity contribution >= 4 is 0 Å². The zero-order valence-electron chi connectivity index (χ0n) is 11.2. The van der Waals surface area contributed by atoms with Gasteiger partial charge in [0.15, 0.2) is 0 Å². The average molecular weight is 241 g/mol. The van der Waals surface area contributed by atoms with Gasteiger partial charge in [-0.05, 0) is 19.8 Å². The molecule has 2 atom stereocenters. The maximum Gasteiger partial charge on any atom is 0.138 e. The van der Waals surface area contributed by atoms with E-state index in [1.807, 2.05) is 18.5 Å². The molecule has 0 bridgehead atoms. The fraction of sp³-hybridized carbons (Fsp3) is 0.833. The molecule has 0 saturated heterocycles. The molecule has 98 valence electrons. The second-order valence-electron chi connectivity index (χ2n) is 4.49. The van der Waals surface area contributed by atoms with Gasteiger partial charge in [-0.1, -0.05) is 13.8 Å². The Kier molecular flexibility index (Phi) is 5.08. The minimum atomic E-state index is -0.572. The highest BCUT2D eigenvalue weighted by Crippen LogP contribution is 2.21. The van der Waals surface area contributed by atoms with E-state index in [2.05, 4.69) is 17.0 Å². The molecule has 1 rings (SSSR count). The number of aliphatic hydroxyl groups is 1. The third-order valence-corrected chi connectivity index (χ3v) is 3.38. The minimum Gasteiger partial charge on any atom is -0.390 e. The zero-order valence-corrected chi connectivity index (χ0v) is 11.2. The number of aliphatic hydroxyl groups excluding tert-OH is 1. The Morgan fingerprint density at radius 3 is 2.76 bits per heavy atom. The molecule has 0 aromatic carbocycles. The summed E-state index contributed by atoms with van der Waals surface area (Å²) in [7, 11) is 1.63. The first-order valence-electron chi connectivity index (χ1n) is 6.17. The third-order valence-electron chi connectivity index (χ3n) is 3.38. The number of nitrogens with zero attached hydrogens (tertiary/aromatic N) is 3. The van der Waals surface area contributed by atoms with Gasteiger partial charge in [-0.15, -0.1) is 0 Å². The Balaban J connectivity index is 2.73. The lowest BCUT2D eigenvalue weighted by atomic mass is 9.93. The molecule has 1 heterocycles. The number of rotatable bonds is 7. The van der Waals surface area contributed by atoms with Gasteiger partial charge in [0.1, 0.15) is 12.2 Å². The molecule has 5 nitrogen and oxygen atoms in total. The van der Waals surface area contributed by atoms with E-state index in [-0.39, 0.29) is 0 Å². The van der Waals surface area contributed by atoms with Gasteiger partial charge < -0.3 is 9.84 Å². The van der Waals surface area contributed by atoms with Gasteiger partial charge in [-0.3, -0.25) is 4.68 Å². The fourth-order valence-electron chi connectivity index (χ4n) is 1.75. The SMILES string of the molecule is CCCn1ncnc1CC(O)C(C)(CC)OC. The first-order chi connectivity index (χ1) is 8.07. The predicted molar refractivity (Wildman–Crippen MR) is 65.7 cm³/mol. The highest BCUT2D eigenvalue weighted by Gasteiger charge is 2.32. The molecule has 0 spiro atoms. The number of hydrogen-bond acceptors (Lipinski definition) is 4. The molecule has 2 unspecified atom stereocenters. The summed E-state index contributed by atoms with van der Waals surface area (Å²) in [5.41, 5.74) is -0.525. The molecular weight excluding hydrogens is 218 g/mol. The molecule has 0 saturated carbocycles. The van der Waals surface area contributed by atoms with Crippen LogP contribution in [0.2, 0.25) is 0 Å². The van der Waals surface area contributed by atoms with Crippen LogP contribution in [0.25, 0.3) is 0 Å². The molecule has 1 aromatic heterocycles. The van der Waals surface area contributed by atoms with Crippen molar-refractivity contribution in [3.05, 3.63) is 12.2 Å². The predicted octanol–water partition coefficient (Wildman–Crippen LogP) is 1.41. The smallest absolute Gasteiger partial charge is 0.138 e. The van der Waals surface area contributed by atoms with Crippen LogP contribution in [0.4, 0.5) is 0 Å². The highest BCUT2D eigenvalue weighted by molar-refractivity contribution is 4.94. The van der Waals surface area contributed by atoms with Crippen molar-refractivity contribution in [2.45, 2.75) is 58.3 Å². The van der Waals surface area contributed by atoms with Crippen molar-refractivity contribution in [1.29, 1.82) is 0 Å². The molecule has 0 aliphatic rings. The van der Waals surface area contributed by atoms with E-state index in [0.29, 0.717) is 6.42 Å². The van der Waals surface area contributed by atoms with Crippen LogP contribution in [0.1, 0.15) is 39.4 Å². The molecule has 0 aliphatic heterocycles. The molecular formula is C12H23N3O2. The number of ether oxygens (including phenoxy) is 1. The van der Waals surface area contributed by atoms with Crippen LogP contribution in [0.3, 0.4) is 0 Å². The monoisotopic (exact) mass is 241 g/mol. The lowest BCUT2D eigenvalue weighted by molar-refractivity contribution is -0.0923. The van der Waals surface area contributed by atoms with Crippen molar-refractivity contribution in [3.63, 3.8) is 0 Å². The quantitative estimate of drug-likeness (QED) is 0.784. The maximum absolute atomic E-state index is 10.2. The van der Waals surface area contributed by atoms with Crippen molar-refractivity contribution in [1.82, 2.24) is 14.8 Å². The second-order valence-corrected chi connectivity index (χ2v) is 4.49. The van der Waals surface area contributed by atoms with Crippen molar-refractivity contribution in [2.24, 2.45) is 0 Å². The molecule has 5 heteroatoms. The van der Waals surface area contributed by atoms with Gasteiger partial charge in [0.25, 0.3) is 0 Å². The van der Waals surface area contributed by atoms with Gasteiger partial charge in [-0.25, -0.2) is 4.98 Å². The molecule has 0 radical (unpaired) electrons. The lowest BCUT2D eigenvalue weighted by Gasteiger charge is -2.31. The van der Waals surface area contributed by atoms with E-state index < -0.39 is 11.7 Å². The van der Waals surface area contributed by atoms with Crippen LogP contribution >= 0.6 is 0 Å². The normalized spacial score (nSPS) is 16.8. The van der Waals surface area contributed by atoms with Crippen molar-refractivity contribution in [2.75, 3.05) is 7.11 Å². The lowest BCUT2D eigenvalue weighted by Crippen LogP contribution is -2.42. The van der Waals surface area contributed by atoms with E-state index in [1.54, 1.807) is 7.11 Å². The molecule has 0 amide bonds. The Hall–Kier alpha value is -0.940. The van der Waals surface area contributed by atoms with Crippen LogP contribution in [-0.2, 0) is 17.7 Å². The molecule has 1 N–H and O–H groups in total. The van der Waals surface area contributed by atoms with E-state index in [0.717, 1.165) is 25.2 Å². The van der Waals surface area contributed by atoms with Crippen LogP contribution in [-0.4, -0.2) is 38.7 Å². The summed E-state index contributed by atoms with van der Waals surface area (Å²) in [5, 5.41) is 14.4. The maximum atomic E-state index is 10.2. The number of aromatic nitrogens is 3. The van der Waals surface area contributed by atoms with Gasteiger partial charge >= 0.3 is 0 Å². The summed E-state index contributed by atoms with van der Waals surface area (Å²) in [4.78, 5) is 4.19. The summed E-state index contributed by atoms with van der Waals surface area (Å²) in [5.74, 6) is 0.816. The number of aryl methyl sites for hydroxylation is 1. The molecule has 0 fully saturated rings. The minimum absolute atomic E-state index is 0.470. The van der Waals surface area contributed by atoms with Crippen LogP contribution in [0.15, 0.2) is 6.33 Å². The number of methoxy groups -OCH3 is 1. The van der Waals surface area contributed by atoms with E-state index in [1.165, 1.54) is 6.33 Å². The standard InChI is InChI=1S/C12H23N3O2/c1-5-7-15-11(13-9-14-15)8-10(16)12(3,6-2)17-4/h9-10,16H,5-8H2,1-4H3. The van der Waals surface area contributed by atoms with Gasteiger partial charge in [0.2, 0.25) is 0 Å². The fourth-order valence-corrected chi connectivity index (χ4v) is 1.75. The molecule has 1 aromatic rings. The Bertz CT molecular complexity index is 334.